The number of hydrogen-bond acceptors (Lipinski definition) is 3. The number of carboxylic acids is 1. The molecule has 5 heteroatoms. The van der Waals surface area contributed by atoms with Crippen molar-refractivity contribution in [3.8, 4) is 11.1 Å². The van der Waals surface area contributed by atoms with E-state index in [4.69, 9.17) is 0 Å². The van der Waals surface area contributed by atoms with Gasteiger partial charge in [-0.2, -0.15) is 5.10 Å². The highest BCUT2D eigenvalue weighted by atomic mass is 16.4. The maximum atomic E-state index is 12.3. The molecule has 0 spiro atoms. The number of aryl methyl sites for hydroxylation is 3. The lowest BCUT2D eigenvalue weighted by Gasteiger charge is -2.10. The zero-order valence-corrected chi connectivity index (χ0v) is 12.4. The largest absolute Gasteiger partial charge is 0.477 e. The molecular formula is C16H18N2O3. The van der Waals surface area contributed by atoms with Crippen molar-refractivity contribution in [1.82, 2.24) is 9.78 Å². The molecule has 21 heavy (non-hydrogen) atoms. The van der Waals surface area contributed by atoms with Crippen LogP contribution in [0.3, 0.4) is 0 Å². The Bertz CT molecular complexity index is 748. The highest BCUT2D eigenvalue weighted by Crippen LogP contribution is 2.23. The van der Waals surface area contributed by atoms with Gasteiger partial charge in [0.2, 0.25) is 0 Å². The van der Waals surface area contributed by atoms with Crippen molar-refractivity contribution in [3.05, 3.63) is 51.4 Å². The highest BCUT2D eigenvalue weighted by Gasteiger charge is 2.19. The molecule has 2 rings (SSSR count). The molecular weight excluding hydrogens is 268 g/mol. The van der Waals surface area contributed by atoms with Gasteiger partial charge in [-0.3, -0.25) is 4.79 Å². The monoisotopic (exact) mass is 286 g/mol. The average Bonchev–Trinajstić information content (AvgIpc) is 2.43. The van der Waals surface area contributed by atoms with E-state index in [0.29, 0.717) is 17.7 Å². The van der Waals surface area contributed by atoms with Crippen molar-refractivity contribution in [2.75, 3.05) is 0 Å². The van der Waals surface area contributed by atoms with E-state index in [2.05, 4.69) is 5.10 Å². The van der Waals surface area contributed by atoms with Crippen LogP contribution in [0.25, 0.3) is 11.1 Å². The van der Waals surface area contributed by atoms with Crippen LogP contribution in [0.1, 0.15) is 34.8 Å². The van der Waals surface area contributed by atoms with Crippen LogP contribution in [-0.4, -0.2) is 20.9 Å². The van der Waals surface area contributed by atoms with Gasteiger partial charge in [0.1, 0.15) is 5.56 Å². The summed E-state index contributed by atoms with van der Waals surface area (Å²) in [5.74, 6) is -1.22. The second-order valence-electron chi connectivity index (χ2n) is 5.07. The Labute approximate surface area is 122 Å². The van der Waals surface area contributed by atoms with E-state index in [-0.39, 0.29) is 5.56 Å². The zero-order chi connectivity index (χ0) is 15.6. The van der Waals surface area contributed by atoms with Gasteiger partial charge in [-0.25, -0.2) is 9.48 Å². The van der Waals surface area contributed by atoms with Crippen LogP contribution >= 0.6 is 0 Å². The molecule has 0 aliphatic heterocycles. The minimum Gasteiger partial charge on any atom is -0.477 e. The normalized spacial score (nSPS) is 10.6. The molecule has 0 atom stereocenters. The number of benzene rings is 1. The van der Waals surface area contributed by atoms with Crippen LogP contribution in [-0.2, 0) is 6.54 Å². The van der Waals surface area contributed by atoms with Gasteiger partial charge in [-0.1, -0.05) is 25.1 Å². The van der Waals surface area contributed by atoms with Gasteiger partial charge in [-0.05, 0) is 37.0 Å². The number of carbonyl (C=O) groups is 1. The molecule has 0 aliphatic rings. The maximum absolute atomic E-state index is 12.3. The summed E-state index contributed by atoms with van der Waals surface area (Å²) in [6.45, 7) is 6.25. The van der Waals surface area contributed by atoms with Crippen molar-refractivity contribution in [2.24, 2.45) is 0 Å². The molecule has 1 heterocycles. The summed E-state index contributed by atoms with van der Waals surface area (Å²) >= 11 is 0. The minimum absolute atomic E-state index is 0.221. The molecule has 0 saturated heterocycles. The molecule has 0 saturated carbocycles. The molecule has 0 unspecified atom stereocenters. The number of nitrogens with zero attached hydrogens (tertiary/aromatic N) is 2. The molecule has 0 amide bonds. The fraction of sp³-hybridized carbons (Fsp3) is 0.312. The van der Waals surface area contributed by atoms with E-state index in [1.807, 2.05) is 39.0 Å². The summed E-state index contributed by atoms with van der Waals surface area (Å²) < 4.78 is 1.20. The summed E-state index contributed by atoms with van der Waals surface area (Å²) in [5.41, 5.74) is 2.44. The molecule has 0 radical (unpaired) electrons. The fourth-order valence-electron chi connectivity index (χ4n) is 2.19. The third-order valence-corrected chi connectivity index (χ3v) is 3.51. The lowest BCUT2D eigenvalue weighted by Crippen LogP contribution is -2.29. The van der Waals surface area contributed by atoms with E-state index >= 15 is 0 Å². The number of aromatic carboxylic acids is 1. The van der Waals surface area contributed by atoms with E-state index in [1.165, 1.54) is 10.9 Å². The first-order valence-electron chi connectivity index (χ1n) is 6.86. The molecule has 110 valence electrons. The van der Waals surface area contributed by atoms with Crippen LogP contribution in [0.5, 0.6) is 0 Å². The van der Waals surface area contributed by atoms with Crippen LogP contribution < -0.4 is 5.56 Å². The number of rotatable bonds is 4. The van der Waals surface area contributed by atoms with Crippen molar-refractivity contribution >= 4 is 5.97 Å². The zero-order valence-electron chi connectivity index (χ0n) is 12.4. The second-order valence-corrected chi connectivity index (χ2v) is 5.07. The molecule has 1 aromatic carbocycles. The third-order valence-electron chi connectivity index (χ3n) is 3.51. The number of hydrogen-bond donors (Lipinski definition) is 1. The molecule has 0 fully saturated rings. The molecule has 5 nitrogen and oxygen atoms in total. The first-order chi connectivity index (χ1) is 9.95. The first kappa shape index (κ1) is 15.0. The summed E-state index contributed by atoms with van der Waals surface area (Å²) in [5, 5.41) is 13.5. The Hall–Kier alpha value is -2.43. The lowest BCUT2D eigenvalue weighted by molar-refractivity contribution is 0.0694. The van der Waals surface area contributed by atoms with Gasteiger partial charge in [0.25, 0.3) is 5.56 Å². The SMILES string of the molecule is CCCn1ncc(-c2ccc(C)c(C)c2)c(C(=O)O)c1=O. The summed E-state index contributed by atoms with van der Waals surface area (Å²) in [6, 6.07) is 5.60. The van der Waals surface area contributed by atoms with Gasteiger partial charge in [0.15, 0.2) is 0 Å². The predicted octanol–water partition coefficient (Wildman–Crippen LogP) is 2.64. The second kappa shape index (κ2) is 5.91. The van der Waals surface area contributed by atoms with E-state index in [9.17, 15) is 14.7 Å². The highest BCUT2D eigenvalue weighted by molar-refractivity contribution is 5.95. The first-order valence-corrected chi connectivity index (χ1v) is 6.86. The number of aromatic nitrogens is 2. The molecule has 0 bridgehead atoms. The lowest BCUT2D eigenvalue weighted by atomic mass is 9.99. The maximum Gasteiger partial charge on any atom is 0.342 e. The Kier molecular flexibility index (Phi) is 4.21. The summed E-state index contributed by atoms with van der Waals surface area (Å²) in [6.07, 6.45) is 2.18. The van der Waals surface area contributed by atoms with Crippen molar-refractivity contribution in [3.63, 3.8) is 0 Å². The third kappa shape index (κ3) is 2.86. The molecule has 1 N–H and O–H groups in total. The average molecular weight is 286 g/mol. The van der Waals surface area contributed by atoms with Crippen LogP contribution in [0.4, 0.5) is 0 Å². The van der Waals surface area contributed by atoms with Crippen LogP contribution in [0.15, 0.2) is 29.2 Å². The summed E-state index contributed by atoms with van der Waals surface area (Å²) in [4.78, 5) is 23.7. The molecule has 1 aromatic heterocycles. The van der Waals surface area contributed by atoms with Gasteiger partial charge in [-0.15, -0.1) is 0 Å². The Morgan fingerprint density at radius 3 is 2.57 bits per heavy atom. The van der Waals surface area contributed by atoms with E-state index < -0.39 is 11.5 Å². The smallest absolute Gasteiger partial charge is 0.342 e. The Morgan fingerprint density at radius 2 is 2.00 bits per heavy atom. The van der Waals surface area contributed by atoms with Crippen LogP contribution in [0.2, 0.25) is 0 Å². The molecule has 2 aromatic rings. The summed E-state index contributed by atoms with van der Waals surface area (Å²) in [7, 11) is 0. The van der Waals surface area contributed by atoms with Crippen molar-refractivity contribution < 1.29 is 9.90 Å². The van der Waals surface area contributed by atoms with E-state index in [0.717, 1.165) is 17.5 Å². The fourth-order valence-corrected chi connectivity index (χ4v) is 2.19. The standard InChI is InChI=1S/C16H18N2O3/c1-4-7-18-15(19)14(16(20)21)13(9-17-18)12-6-5-10(2)11(3)8-12/h5-6,8-9H,4,7H2,1-3H3,(H,20,21). The van der Waals surface area contributed by atoms with Gasteiger partial charge >= 0.3 is 5.97 Å². The van der Waals surface area contributed by atoms with Gasteiger partial charge in [0.05, 0.1) is 6.20 Å². The van der Waals surface area contributed by atoms with Gasteiger partial charge < -0.3 is 5.11 Å². The van der Waals surface area contributed by atoms with Crippen LogP contribution in [0, 0.1) is 13.8 Å². The predicted molar refractivity (Wildman–Crippen MR) is 80.7 cm³/mol. The Morgan fingerprint density at radius 1 is 1.29 bits per heavy atom. The van der Waals surface area contributed by atoms with Crippen molar-refractivity contribution in [2.45, 2.75) is 33.7 Å². The molecule has 0 aliphatic carbocycles. The number of carboxylic acid groups (broad SMARTS) is 1. The van der Waals surface area contributed by atoms with E-state index in [1.54, 1.807) is 0 Å². The van der Waals surface area contributed by atoms with Gasteiger partial charge in [0, 0.05) is 12.1 Å². The minimum atomic E-state index is -1.22. The topological polar surface area (TPSA) is 72.2 Å². The Balaban J connectivity index is 2.68. The quantitative estimate of drug-likeness (QED) is 0.937. The van der Waals surface area contributed by atoms with Crippen molar-refractivity contribution in [1.29, 1.82) is 0 Å².